The van der Waals surface area contributed by atoms with Crippen LogP contribution < -0.4 is 10.1 Å². The number of hydrogen-bond donors (Lipinski definition) is 1. The summed E-state index contributed by atoms with van der Waals surface area (Å²) in [7, 11) is -2.52. The first-order valence-electron chi connectivity index (χ1n) is 9.26. The summed E-state index contributed by atoms with van der Waals surface area (Å²) in [4.78, 5) is 12.5. The van der Waals surface area contributed by atoms with E-state index < -0.39 is 10.0 Å². The lowest BCUT2D eigenvalue weighted by Gasteiger charge is -2.24. The van der Waals surface area contributed by atoms with Crippen molar-refractivity contribution >= 4 is 15.9 Å². The molecule has 0 aliphatic rings. The number of nitrogens with zero attached hydrogens (tertiary/aromatic N) is 1. The van der Waals surface area contributed by atoms with Crippen molar-refractivity contribution in [2.24, 2.45) is 0 Å². The summed E-state index contributed by atoms with van der Waals surface area (Å²) >= 11 is 0. The summed E-state index contributed by atoms with van der Waals surface area (Å²) in [6.45, 7) is 5.49. The Bertz CT molecular complexity index is 898. The van der Waals surface area contributed by atoms with Crippen molar-refractivity contribution in [1.29, 1.82) is 0 Å². The van der Waals surface area contributed by atoms with Gasteiger partial charge in [-0.2, -0.15) is 4.31 Å². The lowest BCUT2D eigenvalue weighted by atomic mass is 10.2. The fraction of sp³-hybridized carbons (Fsp3) is 0.381. The maximum atomic E-state index is 13.4. The number of rotatable bonds is 9. The van der Waals surface area contributed by atoms with Crippen LogP contribution in [0, 0.1) is 6.92 Å². The Kier molecular flexibility index (Phi) is 7.60. The standard InChI is InChI=1S/C21H28N2O4S/c1-5-17(3)22-21(24)15-23(14-18-9-7-6-8-10-18)28(25,26)20-13-16(2)11-12-19(20)27-4/h6-13,17H,5,14-15H2,1-4H3,(H,22,24)/t17-/m1/s1. The normalized spacial score (nSPS) is 12.6. The van der Waals surface area contributed by atoms with Gasteiger partial charge >= 0.3 is 0 Å². The third-order valence-electron chi connectivity index (χ3n) is 4.48. The van der Waals surface area contributed by atoms with Gasteiger partial charge in [-0.3, -0.25) is 4.79 Å². The third-order valence-corrected chi connectivity index (χ3v) is 6.29. The molecule has 1 atom stereocenters. The van der Waals surface area contributed by atoms with Crippen LogP contribution in [0.5, 0.6) is 5.75 Å². The van der Waals surface area contributed by atoms with Gasteiger partial charge in [0.05, 0.1) is 13.7 Å². The SMILES string of the molecule is CC[C@@H](C)NC(=O)CN(Cc1ccccc1)S(=O)(=O)c1cc(C)ccc1OC. The van der Waals surface area contributed by atoms with Gasteiger partial charge in [0.2, 0.25) is 15.9 Å². The highest BCUT2D eigenvalue weighted by Gasteiger charge is 2.30. The van der Waals surface area contributed by atoms with E-state index in [0.29, 0.717) is 0 Å². The van der Waals surface area contributed by atoms with Crippen LogP contribution in [-0.2, 0) is 21.4 Å². The number of carbonyl (C=O) groups excluding carboxylic acids is 1. The van der Waals surface area contributed by atoms with Crippen molar-refractivity contribution in [2.75, 3.05) is 13.7 Å². The van der Waals surface area contributed by atoms with Crippen molar-refractivity contribution in [3.8, 4) is 5.75 Å². The Morgan fingerprint density at radius 2 is 1.86 bits per heavy atom. The van der Waals surface area contributed by atoms with Gasteiger partial charge in [-0.1, -0.05) is 43.3 Å². The van der Waals surface area contributed by atoms with Crippen LogP contribution in [0.25, 0.3) is 0 Å². The fourth-order valence-corrected chi connectivity index (χ4v) is 4.35. The fourth-order valence-electron chi connectivity index (χ4n) is 2.72. The highest BCUT2D eigenvalue weighted by molar-refractivity contribution is 7.89. The zero-order valence-electron chi connectivity index (χ0n) is 16.8. The molecule has 0 heterocycles. The summed E-state index contributed by atoms with van der Waals surface area (Å²) in [5.41, 5.74) is 1.59. The molecule has 1 amide bonds. The van der Waals surface area contributed by atoms with E-state index in [1.165, 1.54) is 11.4 Å². The lowest BCUT2D eigenvalue weighted by molar-refractivity contribution is -0.122. The maximum Gasteiger partial charge on any atom is 0.247 e. The van der Waals surface area contributed by atoms with E-state index in [2.05, 4.69) is 5.32 Å². The number of aryl methyl sites for hydroxylation is 1. The Hall–Kier alpha value is -2.38. The highest BCUT2D eigenvalue weighted by Crippen LogP contribution is 2.28. The number of amides is 1. The predicted octanol–water partition coefficient (Wildman–Crippen LogP) is 3.11. The highest BCUT2D eigenvalue weighted by atomic mass is 32.2. The van der Waals surface area contributed by atoms with Gasteiger partial charge in [-0.25, -0.2) is 8.42 Å². The molecular weight excluding hydrogens is 376 g/mol. The molecule has 1 N–H and O–H groups in total. The van der Waals surface area contributed by atoms with Crippen LogP contribution >= 0.6 is 0 Å². The molecule has 2 aromatic carbocycles. The smallest absolute Gasteiger partial charge is 0.247 e. The van der Waals surface area contributed by atoms with E-state index >= 15 is 0 Å². The summed E-state index contributed by atoms with van der Waals surface area (Å²) in [6.07, 6.45) is 0.767. The minimum Gasteiger partial charge on any atom is -0.495 e. The molecule has 0 unspecified atom stereocenters. The number of ether oxygens (including phenoxy) is 1. The van der Waals surface area contributed by atoms with E-state index in [0.717, 1.165) is 17.5 Å². The Balaban J connectivity index is 2.41. The summed E-state index contributed by atoms with van der Waals surface area (Å²) < 4.78 is 33.3. The van der Waals surface area contributed by atoms with E-state index in [1.54, 1.807) is 18.2 Å². The van der Waals surface area contributed by atoms with Gasteiger partial charge < -0.3 is 10.1 Å². The van der Waals surface area contributed by atoms with E-state index in [9.17, 15) is 13.2 Å². The first-order valence-corrected chi connectivity index (χ1v) is 10.7. The summed E-state index contributed by atoms with van der Waals surface area (Å²) in [6, 6.07) is 14.2. The summed E-state index contributed by atoms with van der Waals surface area (Å²) in [5.74, 6) is -0.0773. The second-order valence-electron chi connectivity index (χ2n) is 6.79. The maximum absolute atomic E-state index is 13.4. The molecule has 7 heteroatoms. The first kappa shape index (κ1) is 21.9. The molecule has 28 heavy (non-hydrogen) atoms. The van der Waals surface area contributed by atoms with E-state index in [1.807, 2.05) is 51.1 Å². The molecule has 2 rings (SSSR count). The molecular formula is C21H28N2O4S. The Labute approximate surface area is 167 Å². The monoisotopic (exact) mass is 404 g/mol. The van der Waals surface area contributed by atoms with Crippen molar-refractivity contribution in [3.63, 3.8) is 0 Å². The molecule has 0 bridgehead atoms. The van der Waals surface area contributed by atoms with Crippen molar-refractivity contribution in [1.82, 2.24) is 9.62 Å². The number of methoxy groups -OCH3 is 1. The minimum atomic E-state index is -3.95. The molecule has 152 valence electrons. The molecule has 0 saturated heterocycles. The lowest BCUT2D eigenvalue weighted by Crippen LogP contribution is -2.43. The molecule has 0 fully saturated rings. The summed E-state index contributed by atoms with van der Waals surface area (Å²) in [5, 5.41) is 2.83. The number of benzene rings is 2. The number of nitrogens with one attached hydrogen (secondary N) is 1. The molecule has 0 saturated carbocycles. The van der Waals surface area contributed by atoms with Crippen LogP contribution in [0.15, 0.2) is 53.4 Å². The number of carbonyl (C=O) groups is 1. The number of sulfonamides is 1. The van der Waals surface area contributed by atoms with Gasteiger partial charge in [-0.15, -0.1) is 0 Å². The first-order chi connectivity index (χ1) is 13.3. The Morgan fingerprint density at radius 3 is 2.46 bits per heavy atom. The molecule has 0 aliphatic carbocycles. The molecule has 0 radical (unpaired) electrons. The van der Waals surface area contributed by atoms with Gasteiger partial charge in [0.15, 0.2) is 0 Å². The predicted molar refractivity (Wildman–Crippen MR) is 110 cm³/mol. The van der Waals surface area contributed by atoms with Crippen molar-refractivity contribution < 1.29 is 17.9 Å². The topological polar surface area (TPSA) is 75.7 Å². The zero-order chi connectivity index (χ0) is 20.7. The van der Waals surface area contributed by atoms with E-state index in [-0.39, 0.29) is 35.7 Å². The van der Waals surface area contributed by atoms with E-state index in [4.69, 9.17) is 4.74 Å². The van der Waals surface area contributed by atoms with Crippen molar-refractivity contribution in [3.05, 3.63) is 59.7 Å². The molecule has 0 aromatic heterocycles. The average molecular weight is 405 g/mol. The molecule has 0 spiro atoms. The van der Waals surface area contributed by atoms with Crippen LogP contribution in [0.2, 0.25) is 0 Å². The molecule has 6 nitrogen and oxygen atoms in total. The van der Waals surface area contributed by atoms with Crippen LogP contribution in [0.3, 0.4) is 0 Å². The van der Waals surface area contributed by atoms with Crippen LogP contribution in [0.1, 0.15) is 31.4 Å². The third kappa shape index (κ3) is 5.56. The van der Waals surface area contributed by atoms with Crippen LogP contribution in [-0.4, -0.2) is 38.3 Å². The zero-order valence-corrected chi connectivity index (χ0v) is 17.6. The quantitative estimate of drug-likeness (QED) is 0.697. The second-order valence-corrected chi connectivity index (χ2v) is 8.70. The van der Waals surface area contributed by atoms with Gasteiger partial charge in [0.1, 0.15) is 10.6 Å². The largest absolute Gasteiger partial charge is 0.495 e. The molecule has 0 aliphatic heterocycles. The number of hydrogen-bond acceptors (Lipinski definition) is 4. The minimum absolute atomic E-state index is 0.0257. The second kappa shape index (κ2) is 9.71. The van der Waals surface area contributed by atoms with Crippen molar-refractivity contribution in [2.45, 2.75) is 44.7 Å². The van der Waals surface area contributed by atoms with Gasteiger partial charge in [0.25, 0.3) is 0 Å². The average Bonchev–Trinajstić information content (AvgIpc) is 2.68. The van der Waals surface area contributed by atoms with Crippen LogP contribution in [0.4, 0.5) is 0 Å². The Morgan fingerprint density at radius 1 is 1.18 bits per heavy atom. The molecule has 2 aromatic rings. The van der Waals surface area contributed by atoms with Gasteiger partial charge in [0, 0.05) is 12.6 Å². The van der Waals surface area contributed by atoms with Gasteiger partial charge in [-0.05, 0) is 43.5 Å².